The van der Waals surface area contributed by atoms with E-state index >= 15 is 0 Å². The van der Waals surface area contributed by atoms with Crippen molar-refractivity contribution in [3.05, 3.63) is 54.1 Å². The van der Waals surface area contributed by atoms with Gasteiger partial charge in [0, 0.05) is 37.8 Å². The number of carbonyl (C=O) groups is 2. The molecule has 2 aromatic rings. The van der Waals surface area contributed by atoms with E-state index in [-0.39, 0.29) is 21.5 Å². The molecular formula is C22H26N2O6S2. The molecule has 1 aliphatic rings. The van der Waals surface area contributed by atoms with Gasteiger partial charge in [-0.15, -0.1) is 0 Å². The van der Waals surface area contributed by atoms with Gasteiger partial charge < -0.3 is 9.47 Å². The Kier molecular flexibility index (Phi) is 8.68. The van der Waals surface area contributed by atoms with Crippen LogP contribution in [0.4, 0.5) is 5.69 Å². The maximum atomic E-state index is 12.7. The van der Waals surface area contributed by atoms with Crippen LogP contribution in [0.2, 0.25) is 0 Å². The van der Waals surface area contributed by atoms with E-state index in [4.69, 9.17) is 9.47 Å². The van der Waals surface area contributed by atoms with Gasteiger partial charge in [-0.3, -0.25) is 19.2 Å². The van der Waals surface area contributed by atoms with Crippen molar-refractivity contribution in [1.82, 2.24) is 4.90 Å². The van der Waals surface area contributed by atoms with Crippen LogP contribution in [-0.4, -0.2) is 69.4 Å². The summed E-state index contributed by atoms with van der Waals surface area (Å²) in [5, 5.41) is -0.128. The number of nitrogens with zero attached hydrogens (tertiary/aromatic N) is 1. The number of hydrogen-bond acceptors (Lipinski definition) is 8. The van der Waals surface area contributed by atoms with Gasteiger partial charge in [0.1, 0.15) is 12.4 Å². The second-order valence-corrected chi connectivity index (χ2v) is 9.99. The summed E-state index contributed by atoms with van der Waals surface area (Å²) in [5.41, 5.74) is 0.756. The molecule has 0 amide bonds. The molecule has 1 aliphatic heterocycles. The normalized spacial score (nSPS) is 14.7. The fraction of sp³-hybridized carbons (Fsp3) is 0.364. The SMILES string of the molecule is CC(=O)SCC(=O)c1ccc(NS(=O)(=O)c2ccc(OCCN3CCOCC3)cc2)cc1. The highest BCUT2D eigenvalue weighted by atomic mass is 32.2. The zero-order chi connectivity index (χ0) is 23.0. The minimum Gasteiger partial charge on any atom is -0.492 e. The number of morpholine rings is 1. The molecule has 0 aromatic heterocycles. The summed E-state index contributed by atoms with van der Waals surface area (Å²) in [6.07, 6.45) is 0. The largest absolute Gasteiger partial charge is 0.492 e. The van der Waals surface area contributed by atoms with Crippen LogP contribution in [0, 0.1) is 0 Å². The Morgan fingerprint density at radius 1 is 1.06 bits per heavy atom. The first-order valence-corrected chi connectivity index (χ1v) is 12.6. The third-order valence-corrected chi connectivity index (χ3v) is 6.99. The van der Waals surface area contributed by atoms with Crippen LogP contribution in [0.15, 0.2) is 53.4 Å². The summed E-state index contributed by atoms with van der Waals surface area (Å²) >= 11 is 0.941. The van der Waals surface area contributed by atoms with Crippen molar-refractivity contribution in [2.24, 2.45) is 0 Å². The van der Waals surface area contributed by atoms with E-state index in [0.717, 1.165) is 44.6 Å². The highest BCUT2D eigenvalue weighted by Gasteiger charge is 2.15. The number of hydrogen-bond donors (Lipinski definition) is 1. The number of Topliss-reactive ketones (excluding diaryl/α,β-unsaturated/α-hetero) is 1. The van der Waals surface area contributed by atoms with Gasteiger partial charge in [-0.05, 0) is 48.5 Å². The lowest BCUT2D eigenvalue weighted by atomic mass is 10.1. The lowest BCUT2D eigenvalue weighted by Crippen LogP contribution is -2.38. The summed E-state index contributed by atoms with van der Waals surface area (Å²) in [6, 6.07) is 12.3. The van der Waals surface area contributed by atoms with Gasteiger partial charge in [0.05, 0.1) is 23.9 Å². The number of thioether (sulfide) groups is 1. The number of ketones is 1. The van der Waals surface area contributed by atoms with E-state index in [1.165, 1.54) is 43.3 Å². The van der Waals surface area contributed by atoms with Crippen LogP contribution in [0.1, 0.15) is 17.3 Å². The average molecular weight is 479 g/mol. The maximum Gasteiger partial charge on any atom is 0.261 e. The second kappa shape index (κ2) is 11.5. The predicted molar refractivity (Wildman–Crippen MR) is 124 cm³/mol. The van der Waals surface area contributed by atoms with Gasteiger partial charge in [0.25, 0.3) is 10.0 Å². The van der Waals surface area contributed by atoms with Crippen molar-refractivity contribution < 1.29 is 27.5 Å². The molecule has 2 aromatic carbocycles. The smallest absolute Gasteiger partial charge is 0.261 e. The van der Waals surface area contributed by atoms with Crippen molar-refractivity contribution in [2.75, 3.05) is 49.9 Å². The number of anilines is 1. The van der Waals surface area contributed by atoms with Crippen molar-refractivity contribution in [3.63, 3.8) is 0 Å². The number of nitrogens with one attached hydrogen (secondary N) is 1. The third kappa shape index (κ3) is 7.33. The molecule has 1 N–H and O–H groups in total. The molecule has 10 heteroatoms. The van der Waals surface area contributed by atoms with E-state index in [1.54, 1.807) is 12.1 Å². The first-order chi connectivity index (χ1) is 15.3. The Bertz CT molecular complexity index is 1020. The fourth-order valence-corrected chi connectivity index (χ4v) is 4.58. The average Bonchev–Trinajstić information content (AvgIpc) is 2.79. The zero-order valence-corrected chi connectivity index (χ0v) is 19.4. The highest BCUT2D eigenvalue weighted by Crippen LogP contribution is 2.20. The quantitative estimate of drug-likeness (QED) is 0.520. The van der Waals surface area contributed by atoms with E-state index in [0.29, 0.717) is 23.6 Å². The van der Waals surface area contributed by atoms with E-state index in [9.17, 15) is 18.0 Å². The molecule has 0 unspecified atom stereocenters. The van der Waals surface area contributed by atoms with E-state index < -0.39 is 10.0 Å². The summed E-state index contributed by atoms with van der Waals surface area (Å²) in [4.78, 5) is 25.4. The van der Waals surface area contributed by atoms with Gasteiger partial charge in [-0.1, -0.05) is 11.8 Å². The summed E-state index contributed by atoms with van der Waals surface area (Å²) in [5.74, 6) is 0.466. The summed E-state index contributed by atoms with van der Waals surface area (Å²) < 4.78 is 38.8. The lowest BCUT2D eigenvalue weighted by Gasteiger charge is -2.26. The molecule has 0 radical (unpaired) electrons. The minimum absolute atomic E-state index is 0.0568. The number of carbonyl (C=O) groups excluding carboxylic acids is 2. The highest BCUT2D eigenvalue weighted by molar-refractivity contribution is 8.14. The van der Waals surface area contributed by atoms with Gasteiger partial charge in [0.15, 0.2) is 10.9 Å². The molecule has 1 saturated heterocycles. The first kappa shape index (κ1) is 24.2. The molecule has 0 bridgehead atoms. The molecule has 0 saturated carbocycles. The molecule has 172 valence electrons. The molecule has 1 fully saturated rings. The summed E-state index contributed by atoms with van der Waals surface area (Å²) in [6.45, 7) is 5.95. The van der Waals surface area contributed by atoms with Crippen molar-refractivity contribution in [3.8, 4) is 5.75 Å². The number of sulfonamides is 1. The van der Waals surface area contributed by atoms with Gasteiger partial charge in [-0.2, -0.15) is 0 Å². The van der Waals surface area contributed by atoms with Crippen molar-refractivity contribution >= 4 is 38.4 Å². The predicted octanol–water partition coefficient (Wildman–Crippen LogP) is 2.66. The molecule has 0 atom stereocenters. The Morgan fingerprint density at radius 2 is 1.72 bits per heavy atom. The van der Waals surface area contributed by atoms with Gasteiger partial charge >= 0.3 is 0 Å². The molecule has 8 nitrogen and oxygen atoms in total. The molecule has 1 heterocycles. The van der Waals surface area contributed by atoms with Gasteiger partial charge in [-0.25, -0.2) is 8.42 Å². The van der Waals surface area contributed by atoms with Crippen LogP contribution in [0.25, 0.3) is 0 Å². The van der Waals surface area contributed by atoms with Gasteiger partial charge in [0.2, 0.25) is 0 Å². The molecule has 0 aliphatic carbocycles. The minimum atomic E-state index is -3.78. The molecule has 32 heavy (non-hydrogen) atoms. The third-order valence-electron chi connectivity index (χ3n) is 4.78. The van der Waals surface area contributed by atoms with Crippen molar-refractivity contribution in [1.29, 1.82) is 0 Å². The van der Waals surface area contributed by atoms with Crippen LogP contribution >= 0.6 is 11.8 Å². The summed E-state index contributed by atoms with van der Waals surface area (Å²) in [7, 11) is -3.78. The topological polar surface area (TPSA) is 102 Å². The number of ether oxygens (including phenoxy) is 2. The zero-order valence-electron chi connectivity index (χ0n) is 17.8. The van der Waals surface area contributed by atoms with Crippen LogP contribution in [0.3, 0.4) is 0 Å². The number of rotatable bonds is 10. The Morgan fingerprint density at radius 3 is 2.34 bits per heavy atom. The van der Waals surface area contributed by atoms with Crippen LogP contribution < -0.4 is 9.46 Å². The second-order valence-electron chi connectivity index (χ2n) is 7.16. The van der Waals surface area contributed by atoms with E-state index in [2.05, 4.69) is 9.62 Å². The van der Waals surface area contributed by atoms with Crippen molar-refractivity contribution in [2.45, 2.75) is 11.8 Å². The molecular weight excluding hydrogens is 452 g/mol. The standard InChI is InChI=1S/C22H26N2O6S2/c1-17(25)31-16-22(26)18-2-4-19(5-3-18)23-32(27,28)21-8-6-20(7-9-21)30-15-12-24-10-13-29-14-11-24/h2-9,23H,10-16H2,1H3. The van der Waals surface area contributed by atoms with Crippen LogP contribution in [-0.2, 0) is 19.6 Å². The first-order valence-electron chi connectivity index (χ1n) is 10.2. The Hall–Kier alpha value is -2.40. The molecule has 0 spiro atoms. The Balaban J connectivity index is 1.53. The van der Waals surface area contributed by atoms with E-state index in [1.807, 2.05) is 0 Å². The molecule has 3 rings (SSSR count). The van der Waals surface area contributed by atoms with Crippen LogP contribution in [0.5, 0.6) is 5.75 Å². The monoisotopic (exact) mass is 478 g/mol. The fourth-order valence-electron chi connectivity index (χ4n) is 3.02. The number of benzene rings is 2. The lowest BCUT2D eigenvalue weighted by molar-refractivity contribution is -0.109. The Labute approximate surface area is 192 Å². The maximum absolute atomic E-state index is 12.7.